The maximum atomic E-state index is 12.4. The van der Waals surface area contributed by atoms with Crippen LogP contribution in [0.15, 0.2) is 29.4 Å². The lowest BCUT2D eigenvalue weighted by atomic mass is 10.0. The first-order chi connectivity index (χ1) is 12.0. The fourth-order valence-electron chi connectivity index (χ4n) is 2.73. The third kappa shape index (κ3) is 3.73. The van der Waals surface area contributed by atoms with Crippen molar-refractivity contribution in [2.45, 2.75) is 25.7 Å². The van der Waals surface area contributed by atoms with Gasteiger partial charge >= 0.3 is 0 Å². The van der Waals surface area contributed by atoms with Crippen LogP contribution in [-0.4, -0.2) is 16.6 Å². The molecular weight excluding hydrogens is 383 g/mol. The van der Waals surface area contributed by atoms with Crippen molar-refractivity contribution in [2.75, 3.05) is 5.73 Å². The molecule has 1 aromatic heterocycles. The Kier molecular flexibility index (Phi) is 5.47. The number of nitrogens with zero attached hydrogens (tertiary/aromatic N) is 2. The first-order valence-corrected chi connectivity index (χ1v) is 8.87. The molecule has 130 valence electrons. The van der Waals surface area contributed by atoms with E-state index in [0.717, 1.165) is 37.0 Å². The molecule has 1 heterocycles. The number of nitrogens with one attached hydrogen (secondary N) is 1. The molecule has 1 aromatic carbocycles. The maximum Gasteiger partial charge on any atom is 0.291 e. The minimum atomic E-state index is -0.593. The number of pyridine rings is 1. The number of rotatable bonds is 2. The van der Waals surface area contributed by atoms with Crippen LogP contribution in [0.5, 0.6) is 0 Å². The van der Waals surface area contributed by atoms with Crippen molar-refractivity contribution in [3.8, 4) is 0 Å². The van der Waals surface area contributed by atoms with E-state index in [1.54, 1.807) is 0 Å². The van der Waals surface area contributed by atoms with E-state index < -0.39 is 5.91 Å². The molecule has 8 heteroatoms. The first kappa shape index (κ1) is 18.0. The van der Waals surface area contributed by atoms with E-state index in [0.29, 0.717) is 0 Å². The van der Waals surface area contributed by atoms with E-state index in [2.05, 4.69) is 21.6 Å². The average Bonchev–Trinajstić information content (AvgIpc) is 2.83. The summed E-state index contributed by atoms with van der Waals surface area (Å²) >= 11 is 17.8. The minimum absolute atomic E-state index is 0.0148. The number of hydrazone groups is 1. The van der Waals surface area contributed by atoms with Gasteiger partial charge in [0.05, 0.1) is 16.4 Å². The van der Waals surface area contributed by atoms with E-state index in [1.807, 2.05) is 18.2 Å². The largest absolute Gasteiger partial charge is 0.396 e. The Labute approximate surface area is 160 Å². The van der Waals surface area contributed by atoms with Crippen LogP contribution in [0.3, 0.4) is 0 Å². The standard InChI is InChI=1S/C17H15Cl3N4O/c18-12-14(21)13(19)16(20)22-15(12)17(25)24-23-11-8-4-2-6-9-5-1-3-7-10(9)11/h1,3,5,7H,2,4,6,8H2,(H2,21,22)(H,24,25)/b23-11+. The first-order valence-electron chi connectivity index (χ1n) is 7.74. The van der Waals surface area contributed by atoms with Crippen molar-refractivity contribution in [1.29, 1.82) is 0 Å². The Morgan fingerprint density at radius 3 is 2.64 bits per heavy atom. The van der Waals surface area contributed by atoms with Crippen LogP contribution in [0.4, 0.5) is 5.69 Å². The maximum absolute atomic E-state index is 12.4. The summed E-state index contributed by atoms with van der Waals surface area (Å²) < 4.78 is 0. The molecule has 1 aliphatic rings. The quantitative estimate of drug-likeness (QED) is 0.445. The molecule has 5 nitrogen and oxygen atoms in total. The predicted octanol–water partition coefficient (Wildman–Crippen LogP) is 4.48. The number of nitrogens with two attached hydrogens (primary N) is 1. The summed E-state index contributed by atoms with van der Waals surface area (Å²) in [6.07, 6.45) is 3.87. The van der Waals surface area contributed by atoms with Crippen LogP contribution in [0.1, 0.15) is 40.9 Å². The van der Waals surface area contributed by atoms with E-state index >= 15 is 0 Å². The lowest BCUT2D eigenvalue weighted by Crippen LogP contribution is -2.22. The number of aryl methyl sites for hydroxylation is 1. The SMILES string of the molecule is Nc1c(Cl)c(Cl)nc(C(=O)N/N=C2\CCCCc3ccccc32)c1Cl. The van der Waals surface area contributed by atoms with Crippen molar-refractivity contribution in [2.24, 2.45) is 5.10 Å². The summed E-state index contributed by atoms with van der Waals surface area (Å²) in [6, 6.07) is 8.05. The zero-order chi connectivity index (χ0) is 18.0. The van der Waals surface area contributed by atoms with Gasteiger partial charge in [-0.25, -0.2) is 10.4 Å². The molecule has 0 saturated heterocycles. The highest BCUT2D eigenvalue weighted by molar-refractivity contribution is 6.46. The average molecular weight is 398 g/mol. The fraction of sp³-hybridized carbons (Fsp3) is 0.235. The normalized spacial score (nSPS) is 15.6. The predicted molar refractivity (Wildman–Crippen MR) is 102 cm³/mol. The molecule has 0 bridgehead atoms. The number of anilines is 1. The van der Waals surface area contributed by atoms with Crippen LogP contribution < -0.4 is 11.2 Å². The van der Waals surface area contributed by atoms with Gasteiger partial charge in [-0.1, -0.05) is 59.1 Å². The van der Waals surface area contributed by atoms with Crippen LogP contribution in [0.25, 0.3) is 0 Å². The second kappa shape index (κ2) is 7.60. The molecule has 0 spiro atoms. The third-order valence-electron chi connectivity index (χ3n) is 4.02. The number of fused-ring (bicyclic) bond motifs is 1. The van der Waals surface area contributed by atoms with Crippen molar-refractivity contribution in [3.05, 3.63) is 56.3 Å². The Hall–Kier alpha value is -1.82. The fourth-order valence-corrected chi connectivity index (χ4v) is 3.33. The number of halogens is 3. The lowest BCUT2D eigenvalue weighted by molar-refractivity contribution is 0.0950. The van der Waals surface area contributed by atoms with E-state index in [-0.39, 0.29) is 26.6 Å². The van der Waals surface area contributed by atoms with Gasteiger partial charge in [-0.05, 0) is 31.2 Å². The van der Waals surface area contributed by atoms with Gasteiger partial charge in [-0.3, -0.25) is 4.79 Å². The van der Waals surface area contributed by atoms with Gasteiger partial charge in [0, 0.05) is 5.56 Å². The Bertz CT molecular complexity index is 867. The number of aromatic nitrogens is 1. The highest BCUT2D eigenvalue weighted by atomic mass is 35.5. The zero-order valence-electron chi connectivity index (χ0n) is 13.2. The molecular formula is C17H15Cl3N4O. The molecule has 3 N–H and O–H groups in total. The highest BCUT2D eigenvalue weighted by Crippen LogP contribution is 2.34. The monoisotopic (exact) mass is 396 g/mol. The third-order valence-corrected chi connectivity index (χ3v) is 5.15. The van der Waals surface area contributed by atoms with Crippen molar-refractivity contribution in [3.63, 3.8) is 0 Å². The van der Waals surface area contributed by atoms with Crippen molar-refractivity contribution >= 4 is 52.1 Å². The van der Waals surface area contributed by atoms with Crippen LogP contribution in [-0.2, 0) is 6.42 Å². The van der Waals surface area contributed by atoms with Crippen LogP contribution >= 0.6 is 34.8 Å². The second-order valence-electron chi connectivity index (χ2n) is 5.66. The van der Waals surface area contributed by atoms with Gasteiger partial charge in [0.2, 0.25) is 0 Å². The van der Waals surface area contributed by atoms with Gasteiger partial charge in [0.15, 0.2) is 10.8 Å². The highest BCUT2D eigenvalue weighted by Gasteiger charge is 2.20. The summed E-state index contributed by atoms with van der Waals surface area (Å²) in [5, 5.41) is 4.18. The number of carbonyl (C=O) groups is 1. The molecule has 25 heavy (non-hydrogen) atoms. The number of amides is 1. The summed E-state index contributed by atoms with van der Waals surface area (Å²) in [5.41, 5.74) is 11.2. The summed E-state index contributed by atoms with van der Waals surface area (Å²) in [6.45, 7) is 0. The van der Waals surface area contributed by atoms with Crippen molar-refractivity contribution in [1.82, 2.24) is 10.4 Å². The van der Waals surface area contributed by atoms with Gasteiger partial charge in [-0.2, -0.15) is 5.10 Å². The van der Waals surface area contributed by atoms with Gasteiger partial charge in [0.1, 0.15) is 5.02 Å². The van der Waals surface area contributed by atoms with Gasteiger partial charge in [-0.15, -0.1) is 0 Å². The van der Waals surface area contributed by atoms with Crippen molar-refractivity contribution < 1.29 is 4.79 Å². The number of nitrogen functional groups attached to an aromatic ring is 1. The summed E-state index contributed by atoms with van der Waals surface area (Å²) in [4.78, 5) is 16.3. The van der Waals surface area contributed by atoms with Crippen LogP contribution in [0, 0.1) is 0 Å². The lowest BCUT2D eigenvalue weighted by Gasteiger charge is -2.10. The Balaban J connectivity index is 1.89. The minimum Gasteiger partial charge on any atom is -0.396 e. The number of hydrogen-bond acceptors (Lipinski definition) is 4. The zero-order valence-corrected chi connectivity index (χ0v) is 15.4. The van der Waals surface area contributed by atoms with E-state index in [9.17, 15) is 4.79 Å². The molecule has 0 saturated carbocycles. The molecule has 0 atom stereocenters. The van der Waals surface area contributed by atoms with Gasteiger partial charge in [0.25, 0.3) is 5.91 Å². The van der Waals surface area contributed by atoms with E-state index in [1.165, 1.54) is 5.56 Å². The molecule has 0 aliphatic heterocycles. The molecule has 0 radical (unpaired) electrons. The van der Waals surface area contributed by atoms with Crippen LogP contribution in [0.2, 0.25) is 15.2 Å². The molecule has 1 amide bonds. The molecule has 3 rings (SSSR count). The Morgan fingerprint density at radius 2 is 1.84 bits per heavy atom. The number of benzene rings is 1. The second-order valence-corrected chi connectivity index (χ2v) is 6.77. The Morgan fingerprint density at radius 1 is 1.12 bits per heavy atom. The van der Waals surface area contributed by atoms with E-state index in [4.69, 9.17) is 40.5 Å². The van der Waals surface area contributed by atoms with Gasteiger partial charge < -0.3 is 5.73 Å². The molecule has 0 fully saturated rings. The number of carbonyl (C=O) groups excluding carboxylic acids is 1. The molecule has 1 aliphatic carbocycles. The summed E-state index contributed by atoms with van der Waals surface area (Å²) in [5.74, 6) is -0.593. The number of hydrogen-bond donors (Lipinski definition) is 2. The molecule has 2 aromatic rings. The molecule has 0 unspecified atom stereocenters. The summed E-state index contributed by atoms with van der Waals surface area (Å²) in [7, 11) is 0. The smallest absolute Gasteiger partial charge is 0.291 e. The topological polar surface area (TPSA) is 80.4 Å².